The Morgan fingerprint density at radius 2 is 1.89 bits per heavy atom. The number of nitrogens with one attached hydrogen (secondary N) is 4. The highest BCUT2D eigenvalue weighted by Gasteiger charge is 2.27. The minimum Gasteiger partial charge on any atom is -0.367 e. The predicted molar refractivity (Wildman–Crippen MR) is 105 cm³/mol. The lowest BCUT2D eigenvalue weighted by Crippen LogP contribution is -2.17. The minimum absolute atomic E-state index is 0.0767. The number of anilines is 3. The van der Waals surface area contributed by atoms with E-state index >= 15 is 0 Å². The summed E-state index contributed by atoms with van der Waals surface area (Å²) < 4.78 is 24.1. The largest absolute Gasteiger partial charge is 0.367 e. The third-order valence-electron chi connectivity index (χ3n) is 4.29. The number of amides is 1. The summed E-state index contributed by atoms with van der Waals surface area (Å²) in [7, 11) is -1.96. The van der Waals surface area contributed by atoms with Gasteiger partial charge in [-0.1, -0.05) is 0 Å². The number of aromatic amines is 1. The zero-order valence-corrected chi connectivity index (χ0v) is 16.1. The topological polar surface area (TPSA) is 142 Å². The molecule has 4 N–H and O–H groups in total. The fourth-order valence-corrected chi connectivity index (χ4v) is 3.51. The van der Waals surface area contributed by atoms with Crippen molar-refractivity contribution in [1.29, 1.82) is 0 Å². The Morgan fingerprint density at radius 1 is 1.18 bits per heavy atom. The van der Waals surface area contributed by atoms with Crippen LogP contribution in [0.1, 0.15) is 23.2 Å². The molecule has 0 bridgehead atoms. The summed E-state index contributed by atoms with van der Waals surface area (Å²) in [5, 5.41) is 15.8. The van der Waals surface area contributed by atoms with Crippen LogP contribution >= 0.6 is 0 Å². The Labute approximate surface area is 161 Å². The standard InChI is InChI=1S/C17H19N7O3S/c1-18-15(25)9-3-5-11(6-4-9)20-17-21-13(19-10-7-8-10)12-14(22-17)23-24-16(12)28(2,26)27/h3-6,10H,7-8H2,1-2H3,(H,18,25)(H3,19,20,21,22,23,24). The van der Waals surface area contributed by atoms with Crippen molar-refractivity contribution < 1.29 is 13.2 Å². The summed E-state index contributed by atoms with van der Waals surface area (Å²) in [4.78, 5) is 20.4. The average molecular weight is 401 g/mol. The highest BCUT2D eigenvalue weighted by atomic mass is 32.2. The molecule has 146 valence electrons. The molecule has 0 atom stereocenters. The zero-order valence-electron chi connectivity index (χ0n) is 15.3. The first-order valence-electron chi connectivity index (χ1n) is 8.67. The molecule has 1 saturated carbocycles. The monoisotopic (exact) mass is 401 g/mol. The molecular weight excluding hydrogens is 382 g/mol. The van der Waals surface area contributed by atoms with E-state index in [4.69, 9.17) is 0 Å². The molecular formula is C17H19N7O3S. The first kappa shape index (κ1) is 18.2. The van der Waals surface area contributed by atoms with Crippen molar-refractivity contribution in [3.05, 3.63) is 29.8 Å². The molecule has 10 nitrogen and oxygen atoms in total. The molecule has 1 amide bonds. The van der Waals surface area contributed by atoms with Crippen molar-refractivity contribution in [2.75, 3.05) is 23.9 Å². The Morgan fingerprint density at radius 3 is 2.50 bits per heavy atom. The van der Waals surface area contributed by atoms with Crippen molar-refractivity contribution in [2.24, 2.45) is 0 Å². The quantitative estimate of drug-likeness (QED) is 0.486. The number of sulfone groups is 1. The molecule has 1 aliphatic carbocycles. The summed E-state index contributed by atoms with van der Waals surface area (Å²) in [5.41, 5.74) is 1.54. The first-order valence-corrected chi connectivity index (χ1v) is 10.6. The van der Waals surface area contributed by atoms with Gasteiger partial charge in [-0.3, -0.25) is 9.89 Å². The van der Waals surface area contributed by atoms with Gasteiger partial charge in [-0.15, -0.1) is 0 Å². The van der Waals surface area contributed by atoms with E-state index in [-0.39, 0.29) is 22.9 Å². The number of nitrogens with zero attached hydrogens (tertiary/aromatic N) is 3. The van der Waals surface area contributed by atoms with Gasteiger partial charge in [0.15, 0.2) is 20.5 Å². The van der Waals surface area contributed by atoms with Crippen LogP contribution in [0, 0.1) is 0 Å². The van der Waals surface area contributed by atoms with E-state index in [1.54, 1.807) is 31.3 Å². The van der Waals surface area contributed by atoms with E-state index in [0.717, 1.165) is 19.1 Å². The van der Waals surface area contributed by atoms with Gasteiger partial charge in [0.25, 0.3) is 5.91 Å². The van der Waals surface area contributed by atoms with Crippen molar-refractivity contribution in [1.82, 2.24) is 25.5 Å². The van der Waals surface area contributed by atoms with Crippen LogP contribution in [0.2, 0.25) is 0 Å². The number of fused-ring (bicyclic) bond motifs is 1. The van der Waals surface area contributed by atoms with Crippen LogP contribution in [-0.2, 0) is 9.84 Å². The van der Waals surface area contributed by atoms with Gasteiger partial charge in [0.05, 0.1) is 0 Å². The molecule has 0 saturated heterocycles. The van der Waals surface area contributed by atoms with Crippen LogP contribution in [0.3, 0.4) is 0 Å². The molecule has 0 unspecified atom stereocenters. The van der Waals surface area contributed by atoms with E-state index < -0.39 is 9.84 Å². The maximum absolute atomic E-state index is 12.0. The Balaban J connectivity index is 1.70. The lowest BCUT2D eigenvalue weighted by atomic mass is 10.2. The van der Waals surface area contributed by atoms with Crippen molar-refractivity contribution in [3.8, 4) is 0 Å². The van der Waals surface area contributed by atoms with E-state index in [9.17, 15) is 13.2 Å². The lowest BCUT2D eigenvalue weighted by Gasteiger charge is -2.10. The van der Waals surface area contributed by atoms with E-state index in [1.807, 2.05) is 0 Å². The molecule has 2 heterocycles. The minimum atomic E-state index is -3.53. The second kappa shape index (κ2) is 6.75. The molecule has 1 aliphatic rings. The van der Waals surface area contributed by atoms with E-state index in [2.05, 4.69) is 36.1 Å². The fourth-order valence-electron chi connectivity index (χ4n) is 2.73. The molecule has 0 spiro atoms. The maximum Gasteiger partial charge on any atom is 0.251 e. The molecule has 11 heteroatoms. The molecule has 1 fully saturated rings. The summed E-state index contributed by atoms with van der Waals surface area (Å²) in [6, 6.07) is 7.10. The van der Waals surface area contributed by atoms with Gasteiger partial charge in [0.2, 0.25) is 5.95 Å². The number of aromatic nitrogens is 4. The molecule has 2 aromatic heterocycles. The Kier molecular flexibility index (Phi) is 4.38. The summed E-state index contributed by atoms with van der Waals surface area (Å²) in [6.07, 6.45) is 3.10. The summed E-state index contributed by atoms with van der Waals surface area (Å²) in [6.45, 7) is 0. The normalized spacial score (nSPS) is 14.1. The van der Waals surface area contributed by atoms with Gasteiger partial charge in [-0.05, 0) is 37.1 Å². The van der Waals surface area contributed by atoms with Gasteiger partial charge in [-0.25, -0.2) is 8.42 Å². The number of rotatable bonds is 6. The second-order valence-corrected chi connectivity index (χ2v) is 8.55. The van der Waals surface area contributed by atoms with Crippen LogP contribution in [-0.4, -0.2) is 53.8 Å². The second-order valence-electron chi connectivity index (χ2n) is 6.62. The first-order chi connectivity index (χ1) is 13.3. The molecule has 28 heavy (non-hydrogen) atoms. The van der Waals surface area contributed by atoms with Gasteiger partial charge in [-0.2, -0.15) is 15.1 Å². The van der Waals surface area contributed by atoms with Crippen molar-refractivity contribution in [3.63, 3.8) is 0 Å². The van der Waals surface area contributed by atoms with Crippen LogP contribution in [0.5, 0.6) is 0 Å². The molecule has 1 aromatic carbocycles. The summed E-state index contributed by atoms with van der Waals surface area (Å²) in [5.74, 6) is 0.532. The van der Waals surface area contributed by atoms with Crippen LogP contribution in [0.4, 0.5) is 17.5 Å². The SMILES string of the molecule is CNC(=O)c1ccc(Nc2nc(NC3CC3)c3c(S(C)(=O)=O)n[nH]c3n2)cc1. The molecule has 4 rings (SSSR count). The zero-order chi connectivity index (χ0) is 19.9. The maximum atomic E-state index is 12.0. The number of H-pyrrole nitrogens is 1. The highest BCUT2D eigenvalue weighted by molar-refractivity contribution is 7.90. The summed E-state index contributed by atoms with van der Waals surface area (Å²) >= 11 is 0. The van der Waals surface area contributed by atoms with Crippen molar-refractivity contribution >= 4 is 44.2 Å². The Bertz CT molecular complexity index is 1150. The van der Waals surface area contributed by atoms with Crippen molar-refractivity contribution in [2.45, 2.75) is 23.9 Å². The van der Waals surface area contributed by atoms with Crippen LogP contribution < -0.4 is 16.0 Å². The predicted octanol–water partition coefficient (Wildman–Crippen LogP) is 1.43. The number of carbonyl (C=O) groups is 1. The fraction of sp³-hybridized carbons (Fsp3) is 0.294. The van der Waals surface area contributed by atoms with Gasteiger partial charge in [0, 0.05) is 30.6 Å². The molecule has 0 aliphatic heterocycles. The third kappa shape index (κ3) is 3.60. The van der Waals surface area contributed by atoms with E-state index in [0.29, 0.717) is 28.1 Å². The van der Waals surface area contributed by atoms with Gasteiger partial charge < -0.3 is 16.0 Å². The Hall–Kier alpha value is -3.21. The van der Waals surface area contributed by atoms with E-state index in [1.165, 1.54) is 0 Å². The number of hydrogen-bond acceptors (Lipinski definition) is 8. The molecule has 0 radical (unpaired) electrons. The van der Waals surface area contributed by atoms with Crippen LogP contribution in [0.25, 0.3) is 11.0 Å². The average Bonchev–Trinajstić information content (AvgIpc) is 3.35. The highest BCUT2D eigenvalue weighted by Crippen LogP contribution is 2.32. The number of benzene rings is 1. The molecule has 3 aromatic rings. The van der Waals surface area contributed by atoms with Gasteiger partial charge in [0.1, 0.15) is 11.2 Å². The van der Waals surface area contributed by atoms with Crippen LogP contribution in [0.15, 0.2) is 29.3 Å². The number of carbonyl (C=O) groups excluding carboxylic acids is 1. The smallest absolute Gasteiger partial charge is 0.251 e. The lowest BCUT2D eigenvalue weighted by molar-refractivity contribution is 0.0963. The van der Waals surface area contributed by atoms with Gasteiger partial charge >= 0.3 is 0 Å². The number of hydrogen-bond donors (Lipinski definition) is 4. The third-order valence-corrected chi connectivity index (χ3v) is 5.28.